The van der Waals surface area contributed by atoms with Gasteiger partial charge < -0.3 is 19.5 Å². The summed E-state index contributed by atoms with van der Waals surface area (Å²) in [4.78, 5) is 14.2. The Hall–Kier alpha value is -2.87. The standard InChI is InChI=1S/C20H22FN5OS/c1-22-20(23-13-15-14-27-19(24-15)18-7-4-12-28-18)26-10-8-25(9-11-26)17-6-3-2-5-16(17)21/h2-7,12,14H,8-11,13H2,1H3,(H,22,23). The number of aromatic nitrogens is 1. The van der Waals surface area contributed by atoms with Crippen molar-refractivity contribution in [3.05, 3.63) is 59.6 Å². The number of oxazole rings is 1. The first-order chi connectivity index (χ1) is 13.7. The van der Waals surface area contributed by atoms with Crippen molar-refractivity contribution in [2.45, 2.75) is 6.54 Å². The lowest BCUT2D eigenvalue weighted by Gasteiger charge is -2.37. The molecule has 1 aromatic carbocycles. The Kier molecular flexibility index (Phi) is 5.57. The van der Waals surface area contributed by atoms with Crippen LogP contribution in [0.25, 0.3) is 10.8 Å². The van der Waals surface area contributed by atoms with Crippen molar-refractivity contribution < 1.29 is 8.81 Å². The van der Waals surface area contributed by atoms with Crippen LogP contribution >= 0.6 is 11.3 Å². The van der Waals surface area contributed by atoms with Crippen LogP contribution in [0, 0.1) is 5.82 Å². The van der Waals surface area contributed by atoms with Crippen LogP contribution in [0.15, 0.2) is 57.5 Å². The van der Waals surface area contributed by atoms with Gasteiger partial charge in [0, 0.05) is 33.2 Å². The van der Waals surface area contributed by atoms with E-state index in [9.17, 15) is 4.39 Å². The average Bonchev–Trinajstić information content (AvgIpc) is 3.41. The summed E-state index contributed by atoms with van der Waals surface area (Å²) >= 11 is 1.60. The summed E-state index contributed by atoms with van der Waals surface area (Å²) in [7, 11) is 1.77. The van der Waals surface area contributed by atoms with Crippen LogP contribution in [0.5, 0.6) is 0 Å². The number of guanidine groups is 1. The predicted octanol–water partition coefficient (Wildman–Crippen LogP) is 3.44. The Labute approximate surface area is 167 Å². The van der Waals surface area contributed by atoms with E-state index in [2.05, 4.69) is 25.1 Å². The number of para-hydroxylation sites is 1. The predicted molar refractivity (Wildman–Crippen MR) is 110 cm³/mol. The van der Waals surface area contributed by atoms with E-state index in [1.54, 1.807) is 30.7 Å². The van der Waals surface area contributed by atoms with Crippen LogP contribution in [0.2, 0.25) is 0 Å². The summed E-state index contributed by atoms with van der Waals surface area (Å²) in [5.41, 5.74) is 1.49. The quantitative estimate of drug-likeness (QED) is 0.538. The molecule has 2 aromatic heterocycles. The first-order valence-electron chi connectivity index (χ1n) is 9.18. The molecule has 3 heterocycles. The molecule has 28 heavy (non-hydrogen) atoms. The van der Waals surface area contributed by atoms with Crippen LogP contribution in [0.1, 0.15) is 5.69 Å². The van der Waals surface area contributed by atoms with Gasteiger partial charge in [0.1, 0.15) is 12.1 Å². The zero-order valence-corrected chi connectivity index (χ0v) is 16.5. The van der Waals surface area contributed by atoms with Crippen LogP contribution in [0.3, 0.4) is 0 Å². The van der Waals surface area contributed by atoms with E-state index in [1.807, 2.05) is 29.6 Å². The highest BCUT2D eigenvalue weighted by Gasteiger charge is 2.21. The molecular formula is C20H22FN5OS. The second kappa shape index (κ2) is 8.43. The van der Waals surface area contributed by atoms with E-state index >= 15 is 0 Å². The summed E-state index contributed by atoms with van der Waals surface area (Å²) in [6.07, 6.45) is 1.67. The minimum atomic E-state index is -0.175. The van der Waals surface area contributed by atoms with Crippen molar-refractivity contribution in [2.24, 2.45) is 4.99 Å². The van der Waals surface area contributed by atoms with Gasteiger partial charge in [0.2, 0.25) is 5.89 Å². The van der Waals surface area contributed by atoms with Crippen LogP contribution in [-0.2, 0) is 6.54 Å². The molecule has 8 heteroatoms. The Morgan fingerprint density at radius 2 is 2.04 bits per heavy atom. The molecule has 0 aliphatic carbocycles. The maximum absolute atomic E-state index is 14.0. The number of benzene rings is 1. The number of hydrogen-bond donors (Lipinski definition) is 1. The zero-order valence-electron chi connectivity index (χ0n) is 15.6. The van der Waals surface area contributed by atoms with Crippen LogP contribution in [-0.4, -0.2) is 49.1 Å². The van der Waals surface area contributed by atoms with Crippen molar-refractivity contribution in [1.82, 2.24) is 15.2 Å². The summed E-state index contributed by atoms with van der Waals surface area (Å²) in [6.45, 7) is 3.57. The summed E-state index contributed by atoms with van der Waals surface area (Å²) in [5.74, 6) is 1.28. The number of nitrogens with one attached hydrogen (secondary N) is 1. The largest absolute Gasteiger partial charge is 0.443 e. The van der Waals surface area contributed by atoms with E-state index in [0.717, 1.165) is 42.7 Å². The highest BCUT2D eigenvalue weighted by molar-refractivity contribution is 7.13. The Morgan fingerprint density at radius 1 is 1.21 bits per heavy atom. The highest BCUT2D eigenvalue weighted by Crippen LogP contribution is 2.23. The topological polar surface area (TPSA) is 56.9 Å². The number of aliphatic imine (C=N–C) groups is 1. The average molecular weight is 399 g/mol. The number of thiophene rings is 1. The van der Waals surface area contributed by atoms with Gasteiger partial charge in [0.25, 0.3) is 0 Å². The van der Waals surface area contributed by atoms with E-state index in [-0.39, 0.29) is 5.82 Å². The van der Waals surface area contributed by atoms with Gasteiger partial charge >= 0.3 is 0 Å². The number of hydrogen-bond acceptors (Lipinski definition) is 5. The molecule has 1 aliphatic heterocycles. The second-order valence-corrected chi connectivity index (χ2v) is 7.40. The van der Waals surface area contributed by atoms with E-state index in [0.29, 0.717) is 18.1 Å². The molecule has 0 atom stereocenters. The molecule has 1 aliphatic rings. The molecule has 0 amide bonds. The maximum atomic E-state index is 14.0. The van der Waals surface area contributed by atoms with Gasteiger partial charge in [-0.05, 0) is 23.6 Å². The van der Waals surface area contributed by atoms with Crippen molar-refractivity contribution in [2.75, 3.05) is 38.1 Å². The molecule has 0 saturated carbocycles. The lowest BCUT2D eigenvalue weighted by molar-refractivity contribution is 0.370. The van der Waals surface area contributed by atoms with Crippen molar-refractivity contribution in [3.63, 3.8) is 0 Å². The Bertz CT molecular complexity index is 932. The van der Waals surface area contributed by atoms with Gasteiger partial charge in [-0.1, -0.05) is 18.2 Å². The molecule has 1 N–H and O–H groups in total. The number of piperazine rings is 1. The molecule has 0 bridgehead atoms. The van der Waals surface area contributed by atoms with E-state index in [4.69, 9.17) is 4.42 Å². The molecule has 0 unspecified atom stereocenters. The van der Waals surface area contributed by atoms with Gasteiger partial charge in [-0.25, -0.2) is 9.37 Å². The van der Waals surface area contributed by atoms with Crippen molar-refractivity contribution in [1.29, 1.82) is 0 Å². The summed E-state index contributed by atoms with van der Waals surface area (Å²) in [5, 5.41) is 5.34. The lowest BCUT2D eigenvalue weighted by atomic mass is 10.2. The first-order valence-corrected chi connectivity index (χ1v) is 10.1. The molecule has 0 spiro atoms. The fraction of sp³-hybridized carbons (Fsp3) is 0.300. The minimum Gasteiger partial charge on any atom is -0.443 e. The fourth-order valence-corrected chi connectivity index (χ4v) is 3.93. The van der Waals surface area contributed by atoms with Gasteiger partial charge in [0.15, 0.2) is 5.96 Å². The molecule has 0 radical (unpaired) electrons. The molecular weight excluding hydrogens is 377 g/mol. The normalized spacial score (nSPS) is 15.1. The van der Waals surface area contributed by atoms with Crippen LogP contribution < -0.4 is 10.2 Å². The molecule has 1 saturated heterocycles. The first kappa shape index (κ1) is 18.5. The molecule has 4 rings (SSSR count). The van der Waals surface area contributed by atoms with Crippen molar-refractivity contribution >= 4 is 23.0 Å². The third kappa shape index (κ3) is 4.01. The second-order valence-electron chi connectivity index (χ2n) is 6.45. The van der Waals surface area contributed by atoms with E-state index in [1.165, 1.54) is 6.07 Å². The van der Waals surface area contributed by atoms with Crippen LogP contribution in [0.4, 0.5) is 10.1 Å². The Balaban J connectivity index is 1.32. The smallest absolute Gasteiger partial charge is 0.236 e. The fourth-order valence-electron chi connectivity index (χ4n) is 3.27. The van der Waals surface area contributed by atoms with Gasteiger partial charge in [0.05, 0.1) is 22.8 Å². The maximum Gasteiger partial charge on any atom is 0.236 e. The molecule has 6 nitrogen and oxygen atoms in total. The van der Waals surface area contributed by atoms with Gasteiger partial charge in [-0.15, -0.1) is 11.3 Å². The van der Waals surface area contributed by atoms with Gasteiger partial charge in [-0.2, -0.15) is 0 Å². The highest BCUT2D eigenvalue weighted by atomic mass is 32.1. The minimum absolute atomic E-state index is 0.175. The zero-order chi connectivity index (χ0) is 19.3. The van der Waals surface area contributed by atoms with Crippen molar-refractivity contribution in [3.8, 4) is 10.8 Å². The van der Waals surface area contributed by atoms with Gasteiger partial charge in [-0.3, -0.25) is 4.99 Å². The Morgan fingerprint density at radius 3 is 2.75 bits per heavy atom. The number of nitrogens with zero attached hydrogens (tertiary/aromatic N) is 4. The number of rotatable bonds is 4. The molecule has 146 valence electrons. The summed E-state index contributed by atoms with van der Waals surface area (Å²) < 4.78 is 19.6. The van der Waals surface area contributed by atoms with E-state index < -0.39 is 0 Å². The SMILES string of the molecule is CN=C(NCc1coc(-c2cccs2)n1)N1CCN(c2ccccc2F)CC1. The summed E-state index contributed by atoms with van der Waals surface area (Å²) in [6, 6.07) is 10.9. The third-order valence-corrected chi connectivity index (χ3v) is 5.55. The lowest BCUT2D eigenvalue weighted by Crippen LogP contribution is -2.52. The third-order valence-electron chi connectivity index (χ3n) is 4.70. The molecule has 3 aromatic rings. The number of halogens is 1. The molecule has 1 fully saturated rings. The number of anilines is 1. The monoisotopic (exact) mass is 399 g/mol.